The van der Waals surface area contributed by atoms with Gasteiger partial charge in [-0.15, -0.1) is 20.4 Å². The number of nitrogens with zero attached hydrogens (tertiary/aromatic N) is 6. The number of piperidine rings is 1. The molecule has 0 bridgehead atoms. The number of aryl methyl sites for hydroxylation is 1. The van der Waals surface area contributed by atoms with Crippen molar-refractivity contribution in [2.24, 2.45) is 0 Å². The number of anilines is 1. The number of pyridine rings is 1. The van der Waals surface area contributed by atoms with Crippen molar-refractivity contribution in [3.63, 3.8) is 0 Å². The quantitative estimate of drug-likeness (QED) is 0.442. The summed E-state index contributed by atoms with van der Waals surface area (Å²) in [4.78, 5) is 19.1. The van der Waals surface area contributed by atoms with Crippen LogP contribution >= 0.6 is 0 Å². The molecule has 1 saturated heterocycles. The van der Waals surface area contributed by atoms with Crippen LogP contribution in [-0.2, 0) is 6.42 Å². The zero-order valence-electron chi connectivity index (χ0n) is 19.3. The summed E-state index contributed by atoms with van der Waals surface area (Å²) in [5.74, 6) is 2.49. The molecule has 0 atom stereocenters. The number of rotatable bonds is 4. The summed E-state index contributed by atoms with van der Waals surface area (Å²) in [7, 11) is 0. The monoisotopic (exact) mass is 468 g/mol. The molecule has 1 spiro atoms. The number of Topliss-reactive ketones (excluding diaryl/α,β-unsaturated/α-hetero) is 1. The Morgan fingerprint density at radius 1 is 1.00 bits per heavy atom. The number of hydrogen-bond acceptors (Lipinski definition) is 9. The van der Waals surface area contributed by atoms with Crippen molar-refractivity contribution >= 4 is 11.6 Å². The summed E-state index contributed by atoms with van der Waals surface area (Å²) in [5.41, 5.74) is 2.78. The Morgan fingerprint density at radius 3 is 2.66 bits per heavy atom. The number of carbonyl (C=O) groups excluding carboxylic acids is 1. The Labute approximate surface area is 202 Å². The average molecular weight is 469 g/mol. The molecule has 0 saturated carbocycles. The Bertz CT molecular complexity index is 1360. The molecule has 6 rings (SSSR count). The number of hydrogen-bond donors (Lipinski definition) is 0. The van der Waals surface area contributed by atoms with Crippen LogP contribution in [0.4, 0.5) is 5.82 Å². The predicted molar refractivity (Wildman–Crippen MR) is 127 cm³/mol. The molecule has 4 aromatic rings. The molecule has 1 aromatic carbocycles. The molecule has 0 amide bonds. The lowest BCUT2D eigenvalue weighted by Crippen LogP contribution is -2.51. The topological polar surface area (TPSA) is 107 Å². The fourth-order valence-corrected chi connectivity index (χ4v) is 4.87. The van der Waals surface area contributed by atoms with Crippen LogP contribution in [0.3, 0.4) is 0 Å². The molecular weight excluding hydrogens is 444 g/mol. The van der Waals surface area contributed by atoms with Gasteiger partial charge in [0.25, 0.3) is 5.89 Å². The number of benzene rings is 1. The molecule has 0 radical (unpaired) electrons. The van der Waals surface area contributed by atoms with Crippen molar-refractivity contribution in [2.45, 2.75) is 38.2 Å². The van der Waals surface area contributed by atoms with Gasteiger partial charge in [0.2, 0.25) is 5.89 Å². The van der Waals surface area contributed by atoms with Gasteiger partial charge in [0.15, 0.2) is 11.6 Å². The van der Waals surface area contributed by atoms with E-state index in [1.54, 1.807) is 12.4 Å². The minimum absolute atomic E-state index is 0.171. The van der Waals surface area contributed by atoms with Crippen LogP contribution in [0.15, 0.2) is 59.3 Å². The molecule has 0 unspecified atom stereocenters. The second-order valence-corrected chi connectivity index (χ2v) is 9.14. The minimum atomic E-state index is -0.448. The van der Waals surface area contributed by atoms with Crippen molar-refractivity contribution < 1.29 is 13.9 Å². The zero-order chi connectivity index (χ0) is 23.8. The fourth-order valence-electron chi connectivity index (χ4n) is 4.87. The molecule has 9 heteroatoms. The van der Waals surface area contributed by atoms with Crippen LogP contribution in [0.1, 0.15) is 46.6 Å². The summed E-state index contributed by atoms with van der Waals surface area (Å²) in [5, 5.41) is 16.9. The van der Waals surface area contributed by atoms with Gasteiger partial charge in [-0.2, -0.15) is 0 Å². The van der Waals surface area contributed by atoms with Gasteiger partial charge >= 0.3 is 0 Å². The molecule has 2 aliphatic heterocycles. The second kappa shape index (κ2) is 8.57. The zero-order valence-corrected chi connectivity index (χ0v) is 19.3. The molecular formula is C26H24N6O3. The van der Waals surface area contributed by atoms with E-state index < -0.39 is 5.60 Å². The first-order chi connectivity index (χ1) is 17.1. The van der Waals surface area contributed by atoms with Crippen molar-refractivity contribution in [1.82, 2.24) is 25.4 Å². The highest BCUT2D eigenvalue weighted by Gasteiger charge is 2.43. The first kappa shape index (κ1) is 21.4. The maximum atomic E-state index is 12.9. The molecule has 0 N–H and O–H groups in total. The Balaban J connectivity index is 1.11. The molecule has 3 aromatic heterocycles. The number of aromatic nitrogens is 5. The van der Waals surface area contributed by atoms with Gasteiger partial charge in [-0.05, 0) is 42.3 Å². The van der Waals surface area contributed by atoms with E-state index in [1.165, 1.54) is 0 Å². The van der Waals surface area contributed by atoms with Crippen LogP contribution in [0.5, 0.6) is 5.75 Å². The van der Waals surface area contributed by atoms with E-state index in [4.69, 9.17) is 9.15 Å². The molecule has 0 aliphatic carbocycles. The van der Waals surface area contributed by atoms with Gasteiger partial charge in [0.1, 0.15) is 17.0 Å². The summed E-state index contributed by atoms with van der Waals surface area (Å²) in [6.07, 6.45) is 5.92. The predicted octanol–water partition coefficient (Wildman–Crippen LogP) is 3.83. The van der Waals surface area contributed by atoms with Gasteiger partial charge < -0.3 is 14.1 Å². The highest BCUT2D eigenvalue weighted by atomic mass is 16.5. The lowest BCUT2D eigenvalue weighted by atomic mass is 9.81. The van der Waals surface area contributed by atoms with Gasteiger partial charge in [0, 0.05) is 38.3 Å². The maximum Gasteiger partial charge on any atom is 0.268 e. The van der Waals surface area contributed by atoms with Crippen molar-refractivity contribution in [1.29, 1.82) is 0 Å². The SMILES string of the molecule is Cc1cccc2c1C(=O)CC1(CCN(c3ccc(-c4nnc(Cc5cccnc5)o4)nn3)CC1)O2. The number of carbonyl (C=O) groups is 1. The van der Waals surface area contributed by atoms with E-state index in [-0.39, 0.29) is 5.78 Å². The molecule has 9 nitrogen and oxygen atoms in total. The smallest absolute Gasteiger partial charge is 0.268 e. The average Bonchev–Trinajstić information content (AvgIpc) is 3.33. The maximum absolute atomic E-state index is 12.9. The molecule has 5 heterocycles. The molecule has 35 heavy (non-hydrogen) atoms. The van der Waals surface area contributed by atoms with Crippen molar-refractivity contribution in [3.8, 4) is 17.3 Å². The van der Waals surface area contributed by atoms with E-state index in [0.717, 1.165) is 48.4 Å². The van der Waals surface area contributed by atoms with Crippen molar-refractivity contribution in [2.75, 3.05) is 18.0 Å². The summed E-state index contributed by atoms with van der Waals surface area (Å²) >= 11 is 0. The highest BCUT2D eigenvalue weighted by Crippen LogP contribution is 2.40. The lowest BCUT2D eigenvalue weighted by Gasteiger charge is -2.44. The third kappa shape index (κ3) is 4.14. The van der Waals surface area contributed by atoms with Gasteiger partial charge in [-0.1, -0.05) is 18.2 Å². The molecule has 176 valence electrons. The summed E-state index contributed by atoms with van der Waals surface area (Å²) in [6.45, 7) is 3.43. The normalized spacial score (nSPS) is 16.7. The van der Waals surface area contributed by atoms with Gasteiger partial charge in [-0.25, -0.2) is 0 Å². The third-order valence-corrected chi connectivity index (χ3v) is 6.74. The van der Waals surface area contributed by atoms with Crippen LogP contribution in [-0.4, -0.2) is 49.9 Å². The third-order valence-electron chi connectivity index (χ3n) is 6.74. The number of fused-ring (bicyclic) bond motifs is 1. The minimum Gasteiger partial charge on any atom is -0.486 e. The Morgan fingerprint density at radius 2 is 1.89 bits per heavy atom. The van der Waals surface area contributed by atoms with E-state index in [0.29, 0.717) is 36.1 Å². The first-order valence-corrected chi connectivity index (χ1v) is 11.7. The lowest BCUT2D eigenvalue weighted by molar-refractivity contribution is 0.0230. The largest absolute Gasteiger partial charge is 0.486 e. The van der Waals surface area contributed by atoms with Crippen LogP contribution in [0, 0.1) is 6.92 Å². The van der Waals surface area contributed by atoms with E-state index in [1.807, 2.05) is 49.4 Å². The van der Waals surface area contributed by atoms with E-state index in [9.17, 15) is 4.79 Å². The summed E-state index contributed by atoms with van der Waals surface area (Å²) in [6, 6.07) is 13.4. The first-order valence-electron chi connectivity index (χ1n) is 11.7. The summed E-state index contributed by atoms with van der Waals surface area (Å²) < 4.78 is 12.2. The number of ether oxygens (including phenoxy) is 1. The Hall–Kier alpha value is -4.14. The highest BCUT2D eigenvalue weighted by molar-refractivity contribution is 6.01. The van der Waals surface area contributed by atoms with Crippen LogP contribution < -0.4 is 9.64 Å². The van der Waals surface area contributed by atoms with E-state index in [2.05, 4.69) is 30.3 Å². The fraction of sp³-hybridized carbons (Fsp3) is 0.308. The van der Waals surface area contributed by atoms with Gasteiger partial charge in [0.05, 0.1) is 18.4 Å². The van der Waals surface area contributed by atoms with Crippen molar-refractivity contribution in [3.05, 3.63) is 77.4 Å². The molecule has 2 aliphatic rings. The standard InChI is InChI=1S/C26H24N6O3/c1-17-4-2-6-21-24(17)20(33)15-26(35-21)9-12-32(13-10-26)22-8-7-19(28-29-22)25-31-30-23(34-25)14-18-5-3-11-27-16-18/h2-8,11,16H,9-10,12-15H2,1H3. The number of ketones is 1. The molecule has 1 fully saturated rings. The van der Waals surface area contributed by atoms with Gasteiger partial charge in [-0.3, -0.25) is 9.78 Å². The Kier molecular flexibility index (Phi) is 5.24. The van der Waals surface area contributed by atoms with Crippen LogP contribution in [0.25, 0.3) is 11.6 Å². The van der Waals surface area contributed by atoms with E-state index >= 15 is 0 Å². The van der Waals surface area contributed by atoms with Crippen LogP contribution in [0.2, 0.25) is 0 Å². The second-order valence-electron chi connectivity index (χ2n) is 9.14.